The minimum atomic E-state index is 0.682. The summed E-state index contributed by atoms with van der Waals surface area (Å²) in [5.74, 6) is 2.36. The van der Waals surface area contributed by atoms with Crippen LogP contribution in [0.2, 0.25) is 0 Å². The molecule has 0 aromatic carbocycles. The quantitative estimate of drug-likeness (QED) is 0.854. The summed E-state index contributed by atoms with van der Waals surface area (Å²) in [6.45, 7) is 3.15. The van der Waals surface area contributed by atoms with Gasteiger partial charge in [-0.15, -0.1) is 0 Å². The molecule has 0 spiro atoms. The minimum absolute atomic E-state index is 0.682. The summed E-state index contributed by atoms with van der Waals surface area (Å²) in [5, 5.41) is 4.47. The van der Waals surface area contributed by atoms with E-state index < -0.39 is 0 Å². The normalized spacial score (nSPS) is 25.1. The van der Waals surface area contributed by atoms with E-state index in [0.29, 0.717) is 6.04 Å². The number of hydrogen-bond acceptors (Lipinski definition) is 3. The number of hydrogen-bond donors (Lipinski definition) is 1. The van der Waals surface area contributed by atoms with E-state index in [1.165, 1.54) is 25.0 Å². The first-order valence-corrected chi connectivity index (χ1v) is 7.17. The Hall–Kier alpha value is -0.480. The molecule has 0 saturated heterocycles. The van der Waals surface area contributed by atoms with Crippen molar-refractivity contribution in [1.82, 2.24) is 14.9 Å². The van der Waals surface area contributed by atoms with Crippen LogP contribution in [0.15, 0.2) is 12.4 Å². The van der Waals surface area contributed by atoms with Gasteiger partial charge in [-0.05, 0) is 18.6 Å². The topological polar surface area (TPSA) is 29.9 Å². The van der Waals surface area contributed by atoms with Crippen LogP contribution < -0.4 is 5.32 Å². The van der Waals surface area contributed by atoms with Crippen LogP contribution in [0.4, 0.5) is 0 Å². The first-order valence-electron chi connectivity index (χ1n) is 6.12. The molecule has 16 heavy (non-hydrogen) atoms. The highest BCUT2D eigenvalue weighted by Gasteiger charge is 2.26. The van der Waals surface area contributed by atoms with Gasteiger partial charge in [-0.3, -0.25) is 0 Å². The molecule has 3 nitrogen and oxygen atoms in total. The van der Waals surface area contributed by atoms with Crippen LogP contribution in [-0.4, -0.2) is 26.6 Å². The number of thioether (sulfide) groups is 1. The van der Waals surface area contributed by atoms with E-state index in [2.05, 4.69) is 40.6 Å². The lowest BCUT2D eigenvalue weighted by Gasteiger charge is -2.19. The zero-order valence-electron chi connectivity index (χ0n) is 10.1. The van der Waals surface area contributed by atoms with Crippen LogP contribution in [0.25, 0.3) is 0 Å². The molecule has 1 N–H and O–H groups in total. The lowest BCUT2D eigenvalue weighted by atomic mass is 10.2. The second kappa shape index (κ2) is 5.73. The van der Waals surface area contributed by atoms with Crippen molar-refractivity contribution in [2.45, 2.75) is 44.0 Å². The molecule has 1 aromatic rings. The van der Waals surface area contributed by atoms with Gasteiger partial charge < -0.3 is 9.88 Å². The molecule has 4 heteroatoms. The lowest BCUT2D eigenvalue weighted by molar-refractivity contribution is 0.514. The van der Waals surface area contributed by atoms with Gasteiger partial charge in [-0.2, -0.15) is 11.8 Å². The number of aryl methyl sites for hydroxylation is 1. The second-order valence-corrected chi connectivity index (χ2v) is 5.88. The SMILES string of the molecule is CCSC1CCCC1NCc1nccn1C. The zero-order chi connectivity index (χ0) is 11.4. The van der Waals surface area contributed by atoms with Gasteiger partial charge in [0.15, 0.2) is 0 Å². The number of aromatic nitrogens is 2. The molecule has 0 bridgehead atoms. The van der Waals surface area contributed by atoms with Crippen molar-refractivity contribution in [3.63, 3.8) is 0 Å². The summed E-state index contributed by atoms with van der Waals surface area (Å²) < 4.78 is 2.09. The lowest BCUT2D eigenvalue weighted by Crippen LogP contribution is -2.34. The molecule has 1 aliphatic rings. The second-order valence-electron chi connectivity index (χ2n) is 4.37. The van der Waals surface area contributed by atoms with Gasteiger partial charge in [0, 0.05) is 30.7 Å². The summed E-state index contributed by atoms with van der Waals surface area (Å²) in [6, 6.07) is 0.682. The predicted octanol–water partition coefficient (Wildman–Crippen LogP) is 2.18. The molecule has 90 valence electrons. The highest BCUT2D eigenvalue weighted by molar-refractivity contribution is 7.99. The summed E-state index contributed by atoms with van der Waals surface area (Å²) in [7, 11) is 2.05. The molecule has 1 aromatic heterocycles. The Balaban J connectivity index is 1.83. The highest BCUT2D eigenvalue weighted by atomic mass is 32.2. The molecular weight excluding hydrogens is 218 g/mol. The summed E-state index contributed by atoms with van der Waals surface area (Å²) in [5.41, 5.74) is 0. The van der Waals surface area contributed by atoms with Crippen molar-refractivity contribution < 1.29 is 0 Å². The zero-order valence-corrected chi connectivity index (χ0v) is 11.0. The number of rotatable bonds is 5. The van der Waals surface area contributed by atoms with E-state index in [1.807, 2.05) is 12.4 Å². The van der Waals surface area contributed by atoms with Crippen molar-refractivity contribution in [2.24, 2.45) is 7.05 Å². The van der Waals surface area contributed by atoms with Crippen LogP contribution in [0, 0.1) is 0 Å². The number of nitrogens with one attached hydrogen (secondary N) is 1. The summed E-state index contributed by atoms with van der Waals surface area (Å²) >= 11 is 2.10. The molecule has 1 aliphatic carbocycles. The van der Waals surface area contributed by atoms with Crippen molar-refractivity contribution in [2.75, 3.05) is 5.75 Å². The van der Waals surface area contributed by atoms with Crippen LogP contribution in [0.1, 0.15) is 32.0 Å². The van der Waals surface area contributed by atoms with Gasteiger partial charge in [0.25, 0.3) is 0 Å². The van der Waals surface area contributed by atoms with E-state index >= 15 is 0 Å². The molecule has 0 amide bonds. The van der Waals surface area contributed by atoms with Gasteiger partial charge in [0.05, 0.1) is 6.54 Å². The fraction of sp³-hybridized carbons (Fsp3) is 0.750. The molecule has 0 aliphatic heterocycles. The molecule has 1 saturated carbocycles. The fourth-order valence-corrected chi connectivity index (χ4v) is 3.59. The highest BCUT2D eigenvalue weighted by Crippen LogP contribution is 2.29. The van der Waals surface area contributed by atoms with Gasteiger partial charge in [-0.25, -0.2) is 4.98 Å². The van der Waals surface area contributed by atoms with Gasteiger partial charge in [0.2, 0.25) is 0 Å². The van der Waals surface area contributed by atoms with Crippen molar-refractivity contribution in [3.05, 3.63) is 18.2 Å². The Bertz CT molecular complexity index is 324. The van der Waals surface area contributed by atoms with Crippen LogP contribution in [0.3, 0.4) is 0 Å². The minimum Gasteiger partial charge on any atom is -0.337 e. The van der Waals surface area contributed by atoms with Gasteiger partial charge in [-0.1, -0.05) is 13.3 Å². The molecule has 2 unspecified atom stereocenters. The van der Waals surface area contributed by atoms with E-state index in [1.54, 1.807) is 0 Å². The van der Waals surface area contributed by atoms with Crippen LogP contribution >= 0.6 is 11.8 Å². The van der Waals surface area contributed by atoms with Gasteiger partial charge >= 0.3 is 0 Å². The smallest absolute Gasteiger partial charge is 0.122 e. The summed E-state index contributed by atoms with van der Waals surface area (Å²) in [6.07, 6.45) is 7.93. The number of nitrogens with zero attached hydrogens (tertiary/aromatic N) is 2. The average Bonchev–Trinajstić information content (AvgIpc) is 2.86. The Morgan fingerprint density at radius 2 is 2.44 bits per heavy atom. The third-order valence-corrected chi connectivity index (χ3v) is 4.60. The number of imidazole rings is 1. The third kappa shape index (κ3) is 2.80. The largest absolute Gasteiger partial charge is 0.337 e. The molecule has 1 fully saturated rings. The molecule has 2 rings (SSSR count). The fourth-order valence-electron chi connectivity index (χ4n) is 2.36. The van der Waals surface area contributed by atoms with Crippen molar-refractivity contribution >= 4 is 11.8 Å². The molecule has 1 heterocycles. The Morgan fingerprint density at radius 1 is 1.56 bits per heavy atom. The van der Waals surface area contributed by atoms with Gasteiger partial charge in [0.1, 0.15) is 5.82 Å². The Kier molecular flexibility index (Phi) is 4.29. The monoisotopic (exact) mass is 239 g/mol. The third-order valence-electron chi connectivity index (χ3n) is 3.28. The summed E-state index contributed by atoms with van der Waals surface area (Å²) in [4.78, 5) is 4.34. The van der Waals surface area contributed by atoms with Crippen molar-refractivity contribution in [1.29, 1.82) is 0 Å². The van der Waals surface area contributed by atoms with E-state index in [-0.39, 0.29) is 0 Å². The first-order chi connectivity index (χ1) is 7.81. The van der Waals surface area contributed by atoms with E-state index in [0.717, 1.165) is 17.6 Å². The predicted molar refractivity (Wildman–Crippen MR) is 69.6 cm³/mol. The van der Waals surface area contributed by atoms with E-state index in [4.69, 9.17) is 0 Å². The maximum atomic E-state index is 4.34. The maximum Gasteiger partial charge on any atom is 0.122 e. The standard InChI is InChI=1S/C12H21N3S/c1-3-16-11-6-4-5-10(11)14-9-12-13-7-8-15(12)2/h7-8,10-11,14H,3-6,9H2,1-2H3. The first kappa shape index (κ1) is 12.0. The molecule has 2 atom stereocenters. The molecular formula is C12H21N3S. The average molecular weight is 239 g/mol. The molecule has 0 radical (unpaired) electrons. The van der Waals surface area contributed by atoms with E-state index in [9.17, 15) is 0 Å². The van der Waals surface area contributed by atoms with Crippen LogP contribution in [-0.2, 0) is 13.6 Å². The Morgan fingerprint density at radius 3 is 3.12 bits per heavy atom. The van der Waals surface area contributed by atoms with Crippen LogP contribution in [0.5, 0.6) is 0 Å². The maximum absolute atomic E-state index is 4.34. The Labute approximate surface area is 102 Å². The van der Waals surface area contributed by atoms with Crippen molar-refractivity contribution in [3.8, 4) is 0 Å².